The van der Waals surface area contributed by atoms with Gasteiger partial charge in [-0.3, -0.25) is 0 Å². The van der Waals surface area contributed by atoms with E-state index in [0.29, 0.717) is 0 Å². The number of rotatable bonds is 1. The van der Waals surface area contributed by atoms with Crippen molar-refractivity contribution >= 4 is 5.57 Å². The Hall–Kier alpha value is -0.980. The average molecular weight is 147 g/mol. The summed E-state index contributed by atoms with van der Waals surface area (Å²) < 4.78 is 0. The third-order valence-corrected chi connectivity index (χ3v) is 2.26. The largest absolute Gasteiger partial charge is 0.367 e. The fraction of sp³-hybridized carbons (Fsp3) is 0.400. The van der Waals surface area contributed by atoms with Crippen LogP contribution < -0.4 is 0 Å². The fourth-order valence-corrected chi connectivity index (χ4v) is 1.62. The van der Waals surface area contributed by atoms with Crippen LogP contribution in [0.15, 0.2) is 24.5 Å². The normalized spacial score (nSPS) is 18.0. The van der Waals surface area contributed by atoms with Crippen LogP contribution in [-0.4, -0.2) is 4.98 Å². The highest BCUT2D eigenvalue weighted by Gasteiger charge is 2.04. The van der Waals surface area contributed by atoms with E-state index in [4.69, 9.17) is 0 Å². The molecular formula is C10H13N. The highest BCUT2D eigenvalue weighted by Crippen LogP contribution is 2.25. The first kappa shape index (κ1) is 6.71. The van der Waals surface area contributed by atoms with E-state index in [0.717, 1.165) is 0 Å². The Kier molecular flexibility index (Phi) is 1.80. The van der Waals surface area contributed by atoms with Gasteiger partial charge in [0.05, 0.1) is 0 Å². The van der Waals surface area contributed by atoms with Crippen molar-refractivity contribution in [3.8, 4) is 0 Å². The van der Waals surface area contributed by atoms with Crippen molar-refractivity contribution in [2.75, 3.05) is 0 Å². The van der Waals surface area contributed by atoms with Crippen LogP contribution >= 0.6 is 0 Å². The second-order valence-electron chi connectivity index (χ2n) is 3.07. The van der Waals surface area contributed by atoms with Crippen LogP contribution in [0.1, 0.15) is 31.2 Å². The topological polar surface area (TPSA) is 15.8 Å². The molecule has 0 unspecified atom stereocenters. The lowest BCUT2D eigenvalue weighted by Gasteiger charge is -2.10. The predicted octanol–water partition coefficient (Wildman–Crippen LogP) is 2.97. The average Bonchev–Trinajstić information content (AvgIpc) is 2.58. The minimum atomic E-state index is 1.26. The Morgan fingerprint density at radius 2 is 2.27 bits per heavy atom. The summed E-state index contributed by atoms with van der Waals surface area (Å²) in [6.45, 7) is 0. The molecule has 1 aromatic heterocycles. The summed E-state index contributed by atoms with van der Waals surface area (Å²) in [6, 6.07) is 2.15. The molecule has 0 saturated heterocycles. The maximum absolute atomic E-state index is 3.09. The maximum Gasteiger partial charge on any atom is 0.00807 e. The van der Waals surface area contributed by atoms with Gasteiger partial charge in [-0.2, -0.15) is 0 Å². The van der Waals surface area contributed by atoms with E-state index in [1.165, 1.54) is 36.8 Å². The lowest BCUT2D eigenvalue weighted by molar-refractivity contribution is 0.742. The van der Waals surface area contributed by atoms with Crippen molar-refractivity contribution in [2.45, 2.75) is 25.7 Å². The van der Waals surface area contributed by atoms with Gasteiger partial charge >= 0.3 is 0 Å². The zero-order chi connectivity index (χ0) is 7.52. The zero-order valence-electron chi connectivity index (χ0n) is 6.64. The lowest BCUT2D eigenvalue weighted by Crippen LogP contribution is -1.89. The van der Waals surface area contributed by atoms with E-state index in [9.17, 15) is 0 Å². The molecular weight excluding hydrogens is 134 g/mol. The van der Waals surface area contributed by atoms with Crippen LogP contribution in [0.25, 0.3) is 5.57 Å². The first-order chi connectivity index (χ1) is 5.47. The van der Waals surface area contributed by atoms with Crippen LogP contribution in [0.5, 0.6) is 0 Å². The van der Waals surface area contributed by atoms with Crippen molar-refractivity contribution in [2.24, 2.45) is 0 Å². The molecule has 0 aromatic carbocycles. The van der Waals surface area contributed by atoms with Gasteiger partial charge < -0.3 is 4.98 Å². The molecule has 0 saturated carbocycles. The van der Waals surface area contributed by atoms with Gasteiger partial charge in [0.1, 0.15) is 0 Å². The van der Waals surface area contributed by atoms with Gasteiger partial charge in [-0.25, -0.2) is 0 Å². The Bertz CT molecular complexity index is 244. The fourth-order valence-electron chi connectivity index (χ4n) is 1.62. The van der Waals surface area contributed by atoms with Crippen LogP contribution in [0.4, 0.5) is 0 Å². The SMILES string of the molecule is C1=C(c2cc[nH]c2)CCCC1. The molecule has 1 aromatic rings. The van der Waals surface area contributed by atoms with Crippen LogP contribution in [0.2, 0.25) is 0 Å². The van der Waals surface area contributed by atoms with Crippen LogP contribution in [0.3, 0.4) is 0 Å². The molecule has 0 amide bonds. The van der Waals surface area contributed by atoms with Gasteiger partial charge in [-0.1, -0.05) is 6.08 Å². The molecule has 0 spiro atoms. The summed E-state index contributed by atoms with van der Waals surface area (Å²) in [7, 11) is 0. The Labute approximate surface area is 67.1 Å². The van der Waals surface area contributed by atoms with E-state index in [-0.39, 0.29) is 0 Å². The Morgan fingerprint density at radius 1 is 1.27 bits per heavy atom. The molecule has 58 valence electrons. The van der Waals surface area contributed by atoms with Gasteiger partial charge in [0, 0.05) is 12.4 Å². The number of hydrogen-bond acceptors (Lipinski definition) is 0. The standard InChI is InChI=1S/C10H13N/c1-2-4-9(5-3-1)10-6-7-11-8-10/h4,6-8,11H,1-3,5H2. The van der Waals surface area contributed by atoms with Gasteiger partial charge in [0.25, 0.3) is 0 Å². The molecule has 1 heterocycles. The first-order valence-electron chi connectivity index (χ1n) is 4.29. The third-order valence-electron chi connectivity index (χ3n) is 2.26. The maximum atomic E-state index is 3.09. The van der Waals surface area contributed by atoms with Crippen molar-refractivity contribution in [3.05, 3.63) is 30.1 Å². The van der Waals surface area contributed by atoms with Gasteiger partial charge in [-0.15, -0.1) is 0 Å². The van der Waals surface area contributed by atoms with Crippen LogP contribution in [0, 0.1) is 0 Å². The highest BCUT2D eigenvalue weighted by molar-refractivity contribution is 5.65. The zero-order valence-corrected chi connectivity index (χ0v) is 6.64. The summed E-state index contributed by atoms with van der Waals surface area (Å²) in [5, 5.41) is 0. The Balaban J connectivity index is 2.22. The number of allylic oxidation sites excluding steroid dienone is 2. The smallest absolute Gasteiger partial charge is 0.00807 e. The predicted molar refractivity (Wildman–Crippen MR) is 47.2 cm³/mol. The summed E-state index contributed by atoms with van der Waals surface area (Å²) in [6.07, 6.45) is 11.7. The molecule has 0 fully saturated rings. The number of nitrogens with one attached hydrogen (secondary N) is 1. The molecule has 1 nitrogen and oxygen atoms in total. The molecule has 11 heavy (non-hydrogen) atoms. The summed E-state index contributed by atoms with van der Waals surface area (Å²) in [5.41, 5.74) is 2.90. The first-order valence-corrected chi connectivity index (χ1v) is 4.29. The molecule has 1 heteroatoms. The lowest BCUT2D eigenvalue weighted by atomic mass is 9.96. The Morgan fingerprint density at radius 3 is 2.91 bits per heavy atom. The molecule has 0 aliphatic heterocycles. The van der Waals surface area contributed by atoms with Crippen LogP contribution in [-0.2, 0) is 0 Å². The monoisotopic (exact) mass is 147 g/mol. The van der Waals surface area contributed by atoms with Gasteiger partial charge in [-0.05, 0) is 42.9 Å². The van der Waals surface area contributed by atoms with Crippen molar-refractivity contribution < 1.29 is 0 Å². The third kappa shape index (κ3) is 1.37. The number of H-pyrrole nitrogens is 1. The molecule has 0 bridgehead atoms. The summed E-state index contributed by atoms with van der Waals surface area (Å²) in [5.74, 6) is 0. The van der Waals surface area contributed by atoms with E-state index in [1.54, 1.807) is 0 Å². The molecule has 0 atom stereocenters. The van der Waals surface area contributed by atoms with E-state index in [2.05, 4.69) is 23.3 Å². The van der Waals surface area contributed by atoms with Gasteiger partial charge in [0.2, 0.25) is 0 Å². The quantitative estimate of drug-likeness (QED) is 0.628. The second kappa shape index (κ2) is 2.95. The van der Waals surface area contributed by atoms with E-state index in [1.807, 2.05) is 6.20 Å². The molecule has 0 radical (unpaired) electrons. The highest BCUT2D eigenvalue weighted by atomic mass is 14.6. The van der Waals surface area contributed by atoms with Crippen molar-refractivity contribution in [3.63, 3.8) is 0 Å². The molecule has 2 rings (SSSR count). The summed E-state index contributed by atoms with van der Waals surface area (Å²) >= 11 is 0. The van der Waals surface area contributed by atoms with E-state index >= 15 is 0 Å². The van der Waals surface area contributed by atoms with E-state index < -0.39 is 0 Å². The number of hydrogen-bond donors (Lipinski definition) is 1. The molecule has 1 aliphatic carbocycles. The summed E-state index contributed by atoms with van der Waals surface area (Å²) in [4.78, 5) is 3.09. The number of aromatic amines is 1. The van der Waals surface area contributed by atoms with Crippen molar-refractivity contribution in [1.29, 1.82) is 0 Å². The second-order valence-corrected chi connectivity index (χ2v) is 3.07. The molecule has 1 aliphatic rings. The minimum absolute atomic E-state index is 1.26. The van der Waals surface area contributed by atoms with Gasteiger partial charge in [0.15, 0.2) is 0 Å². The number of aromatic nitrogens is 1. The molecule has 1 N–H and O–H groups in total. The van der Waals surface area contributed by atoms with Crippen molar-refractivity contribution in [1.82, 2.24) is 4.98 Å². The minimum Gasteiger partial charge on any atom is -0.367 e.